The zero-order valence-corrected chi connectivity index (χ0v) is 11.6. The Balaban J connectivity index is 1.75. The molecule has 0 aliphatic carbocycles. The third-order valence-corrected chi connectivity index (χ3v) is 3.93. The first-order valence-corrected chi connectivity index (χ1v) is 7.26. The molecule has 1 unspecified atom stereocenters. The summed E-state index contributed by atoms with van der Waals surface area (Å²) >= 11 is 1.30. The standard InChI is InChI=1S/C12H16F4N2OS/c13-11(14)12(15,16)7-19-5-10-18-9(6-20-10)4-8-2-1-3-17-8/h6,8,11,17H,1-5,7H2. The SMILES string of the molecule is FC(F)C(F)(F)COCc1nc(CC2CCCN2)cs1. The van der Waals surface area contributed by atoms with Gasteiger partial charge in [0.1, 0.15) is 11.6 Å². The van der Waals surface area contributed by atoms with Gasteiger partial charge in [-0.3, -0.25) is 0 Å². The summed E-state index contributed by atoms with van der Waals surface area (Å²) in [6.45, 7) is -0.442. The minimum absolute atomic E-state index is 0.162. The molecule has 0 spiro atoms. The van der Waals surface area contributed by atoms with Gasteiger partial charge in [0.25, 0.3) is 0 Å². The van der Waals surface area contributed by atoms with Crippen LogP contribution in [0.4, 0.5) is 17.6 Å². The zero-order chi connectivity index (χ0) is 14.6. The predicted molar refractivity (Wildman–Crippen MR) is 67.4 cm³/mol. The summed E-state index contributed by atoms with van der Waals surface area (Å²) in [6.07, 6.45) is -0.663. The van der Waals surface area contributed by atoms with Crippen LogP contribution in [-0.2, 0) is 17.8 Å². The number of nitrogens with one attached hydrogen (secondary N) is 1. The number of nitrogens with zero attached hydrogens (tertiary/aromatic N) is 1. The van der Waals surface area contributed by atoms with E-state index in [0.29, 0.717) is 11.0 Å². The number of aromatic nitrogens is 1. The van der Waals surface area contributed by atoms with E-state index in [-0.39, 0.29) is 6.61 Å². The topological polar surface area (TPSA) is 34.1 Å². The second kappa shape index (κ2) is 6.82. The number of halogens is 4. The van der Waals surface area contributed by atoms with Crippen LogP contribution in [0, 0.1) is 0 Å². The van der Waals surface area contributed by atoms with Crippen molar-refractivity contribution >= 4 is 11.3 Å². The summed E-state index contributed by atoms with van der Waals surface area (Å²) < 4.78 is 53.7. The van der Waals surface area contributed by atoms with Crippen molar-refractivity contribution in [1.29, 1.82) is 0 Å². The minimum atomic E-state index is -4.10. The van der Waals surface area contributed by atoms with Crippen molar-refractivity contribution in [1.82, 2.24) is 10.3 Å². The third-order valence-electron chi connectivity index (χ3n) is 3.06. The normalized spacial score (nSPS) is 19.9. The number of rotatable bonds is 7. The van der Waals surface area contributed by atoms with Crippen LogP contribution >= 0.6 is 11.3 Å². The van der Waals surface area contributed by atoms with Crippen molar-refractivity contribution in [2.45, 2.75) is 44.3 Å². The lowest BCUT2D eigenvalue weighted by atomic mass is 10.1. The molecule has 0 aromatic carbocycles. The molecule has 1 atom stereocenters. The van der Waals surface area contributed by atoms with Gasteiger partial charge in [0, 0.05) is 17.8 Å². The van der Waals surface area contributed by atoms with Crippen LogP contribution in [0.5, 0.6) is 0 Å². The highest BCUT2D eigenvalue weighted by Crippen LogP contribution is 2.24. The monoisotopic (exact) mass is 312 g/mol. The molecule has 20 heavy (non-hydrogen) atoms. The Bertz CT molecular complexity index is 421. The first kappa shape index (κ1) is 15.7. The fraction of sp³-hybridized carbons (Fsp3) is 0.750. The summed E-state index contributed by atoms with van der Waals surface area (Å²) in [5.41, 5.74) is 0.883. The molecule has 2 rings (SSSR count). The van der Waals surface area contributed by atoms with Gasteiger partial charge in [0.2, 0.25) is 0 Å². The summed E-state index contributed by atoms with van der Waals surface area (Å²) in [4.78, 5) is 4.26. The summed E-state index contributed by atoms with van der Waals surface area (Å²) in [7, 11) is 0. The lowest BCUT2D eigenvalue weighted by molar-refractivity contribution is -0.168. The van der Waals surface area contributed by atoms with Crippen molar-refractivity contribution in [3.63, 3.8) is 0 Å². The van der Waals surface area contributed by atoms with Crippen LogP contribution in [0.1, 0.15) is 23.5 Å². The molecule has 114 valence electrons. The minimum Gasteiger partial charge on any atom is -0.368 e. The van der Waals surface area contributed by atoms with Gasteiger partial charge >= 0.3 is 12.3 Å². The summed E-state index contributed by atoms with van der Waals surface area (Å²) in [6, 6.07) is 0.411. The Hall–Kier alpha value is -0.730. The van der Waals surface area contributed by atoms with Gasteiger partial charge in [-0.05, 0) is 19.4 Å². The average molecular weight is 312 g/mol. The largest absolute Gasteiger partial charge is 0.368 e. The Kier molecular flexibility index (Phi) is 5.34. The predicted octanol–water partition coefficient (Wildman–Crippen LogP) is 2.85. The summed E-state index contributed by atoms with van der Waals surface area (Å²) in [5.74, 6) is -4.10. The Labute approximate surface area is 118 Å². The Morgan fingerprint density at radius 2 is 2.30 bits per heavy atom. The molecular weight excluding hydrogens is 296 g/mol. The van der Waals surface area contributed by atoms with Gasteiger partial charge in [0.15, 0.2) is 0 Å². The molecule has 1 aliphatic heterocycles. The molecule has 8 heteroatoms. The molecule has 1 saturated heterocycles. The highest BCUT2D eigenvalue weighted by Gasteiger charge is 2.41. The Morgan fingerprint density at radius 1 is 1.50 bits per heavy atom. The molecule has 1 N–H and O–H groups in total. The molecule has 0 bridgehead atoms. The summed E-state index contributed by atoms with van der Waals surface area (Å²) in [5, 5.41) is 5.72. The maximum absolute atomic E-state index is 12.6. The van der Waals surface area contributed by atoms with Gasteiger partial charge in [-0.25, -0.2) is 13.8 Å². The van der Waals surface area contributed by atoms with Gasteiger partial charge in [0.05, 0.1) is 12.3 Å². The molecule has 3 nitrogen and oxygen atoms in total. The maximum Gasteiger partial charge on any atom is 0.330 e. The maximum atomic E-state index is 12.6. The van der Waals surface area contributed by atoms with Crippen LogP contribution in [0.2, 0.25) is 0 Å². The van der Waals surface area contributed by atoms with Crippen molar-refractivity contribution < 1.29 is 22.3 Å². The molecule has 2 heterocycles. The lowest BCUT2D eigenvalue weighted by Crippen LogP contribution is -2.32. The van der Waals surface area contributed by atoms with Crippen molar-refractivity contribution in [3.05, 3.63) is 16.1 Å². The van der Waals surface area contributed by atoms with Crippen molar-refractivity contribution in [2.75, 3.05) is 13.2 Å². The fourth-order valence-electron chi connectivity index (χ4n) is 2.03. The second-order valence-electron chi connectivity index (χ2n) is 4.78. The number of ether oxygens (including phenoxy) is 1. The van der Waals surface area contributed by atoms with E-state index in [1.165, 1.54) is 11.3 Å². The molecule has 1 aromatic heterocycles. The Morgan fingerprint density at radius 3 is 2.95 bits per heavy atom. The molecule has 1 aliphatic rings. The fourth-order valence-corrected chi connectivity index (χ4v) is 2.77. The molecule has 1 fully saturated rings. The van der Waals surface area contributed by atoms with Crippen LogP contribution < -0.4 is 5.32 Å². The van der Waals surface area contributed by atoms with E-state index >= 15 is 0 Å². The van der Waals surface area contributed by atoms with E-state index < -0.39 is 19.0 Å². The molecular formula is C12H16F4N2OS. The van der Waals surface area contributed by atoms with E-state index in [1.807, 2.05) is 5.38 Å². The van der Waals surface area contributed by atoms with E-state index in [0.717, 1.165) is 31.5 Å². The first-order chi connectivity index (χ1) is 9.47. The van der Waals surface area contributed by atoms with Gasteiger partial charge in [-0.15, -0.1) is 11.3 Å². The van der Waals surface area contributed by atoms with E-state index in [4.69, 9.17) is 0 Å². The van der Waals surface area contributed by atoms with Crippen LogP contribution in [0.25, 0.3) is 0 Å². The smallest absolute Gasteiger partial charge is 0.330 e. The van der Waals surface area contributed by atoms with Crippen LogP contribution in [-0.4, -0.2) is 36.5 Å². The highest BCUT2D eigenvalue weighted by atomic mass is 32.1. The van der Waals surface area contributed by atoms with Crippen molar-refractivity contribution in [2.24, 2.45) is 0 Å². The highest BCUT2D eigenvalue weighted by molar-refractivity contribution is 7.09. The molecule has 0 saturated carbocycles. The van der Waals surface area contributed by atoms with E-state index in [9.17, 15) is 17.6 Å². The van der Waals surface area contributed by atoms with Crippen LogP contribution in [0.3, 0.4) is 0 Å². The third kappa shape index (κ3) is 4.39. The van der Waals surface area contributed by atoms with Gasteiger partial charge in [-0.2, -0.15) is 8.78 Å². The van der Waals surface area contributed by atoms with Gasteiger partial charge in [-0.1, -0.05) is 0 Å². The van der Waals surface area contributed by atoms with Crippen LogP contribution in [0.15, 0.2) is 5.38 Å². The number of hydrogen-bond acceptors (Lipinski definition) is 4. The second-order valence-corrected chi connectivity index (χ2v) is 5.73. The molecule has 1 aromatic rings. The number of thiazole rings is 1. The lowest BCUT2D eigenvalue weighted by Gasteiger charge is -2.14. The van der Waals surface area contributed by atoms with Gasteiger partial charge < -0.3 is 10.1 Å². The average Bonchev–Trinajstić information content (AvgIpc) is 3.01. The first-order valence-electron chi connectivity index (χ1n) is 6.38. The zero-order valence-electron chi connectivity index (χ0n) is 10.8. The number of hydrogen-bond donors (Lipinski definition) is 1. The van der Waals surface area contributed by atoms with E-state index in [2.05, 4.69) is 15.0 Å². The molecule has 0 radical (unpaired) electrons. The quantitative estimate of drug-likeness (QED) is 0.786. The number of alkyl halides is 4. The van der Waals surface area contributed by atoms with Crippen molar-refractivity contribution in [3.8, 4) is 0 Å². The molecule has 0 amide bonds. The van der Waals surface area contributed by atoms with E-state index in [1.54, 1.807) is 0 Å².